The molecule has 2 aliphatic rings. The summed E-state index contributed by atoms with van der Waals surface area (Å²) in [7, 11) is 1.77. The summed E-state index contributed by atoms with van der Waals surface area (Å²) in [6.07, 6.45) is 3.66. The first kappa shape index (κ1) is 19.0. The molecule has 1 saturated carbocycles. The minimum Gasteiger partial charge on any atom is -0.379 e. The van der Waals surface area contributed by atoms with E-state index in [9.17, 15) is 4.79 Å². The number of guanidine groups is 1. The molecule has 0 bridgehead atoms. The van der Waals surface area contributed by atoms with Gasteiger partial charge >= 0.3 is 0 Å². The van der Waals surface area contributed by atoms with Gasteiger partial charge in [0.15, 0.2) is 5.96 Å². The smallest absolute Gasteiger partial charge is 0.220 e. The Bertz CT molecular complexity index is 429. The van der Waals surface area contributed by atoms with Gasteiger partial charge in [0, 0.05) is 51.2 Å². The number of rotatable bonds is 8. The normalized spacial score (nSPS) is 19.9. The average molecular weight is 339 g/mol. The van der Waals surface area contributed by atoms with Crippen LogP contribution < -0.4 is 16.0 Å². The first-order chi connectivity index (χ1) is 11.5. The van der Waals surface area contributed by atoms with E-state index in [2.05, 4.69) is 39.7 Å². The highest BCUT2D eigenvalue weighted by Gasteiger charge is 2.28. The van der Waals surface area contributed by atoms with Gasteiger partial charge in [-0.05, 0) is 33.1 Å². The fourth-order valence-corrected chi connectivity index (χ4v) is 2.78. The summed E-state index contributed by atoms with van der Waals surface area (Å²) in [6.45, 7) is 9.58. The summed E-state index contributed by atoms with van der Waals surface area (Å²) in [5.41, 5.74) is 0.0472. The van der Waals surface area contributed by atoms with Crippen LogP contribution in [0.1, 0.15) is 39.5 Å². The summed E-state index contributed by atoms with van der Waals surface area (Å²) in [6, 6.07) is 0.447. The second kappa shape index (κ2) is 9.22. The summed E-state index contributed by atoms with van der Waals surface area (Å²) in [4.78, 5) is 18.3. The van der Waals surface area contributed by atoms with Gasteiger partial charge in [-0.3, -0.25) is 14.7 Å². The van der Waals surface area contributed by atoms with Crippen molar-refractivity contribution in [1.82, 2.24) is 20.9 Å². The number of aliphatic imine (C=N–C) groups is 1. The van der Waals surface area contributed by atoms with Crippen LogP contribution in [0, 0.1) is 0 Å². The van der Waals surface area contributed by atoms with Crippen LogP contribution in [0.2, 0.25) is 0 Å². The average Bonchev–Trinajstić information content (AvgIpc) is 3.39. The molecule has 0 aromatic heterocycles. The third kappa shape index (κ3) is 6.65. The van der Waals surface area contributed by atoms with Gasteiger partial charge in [-0.2, -0.15) is 0 Å². The van der Waals surface area contributed by atoms with E-state index in [1.165, 1.54) is 0 Å². The van der Waals surface area contributed by atoms with Crippen LogP contribution in [-0.4, -0.2) is 74.8 Å². The van der Waals surface area contributed by atoms with Crippen LogP contribution >= 0.6 is 0 Å². The fraction of sp³-hybridized carbons (Fsp3) is 0.882. The highest BCUT2D eigenvalue weighted by Crippen LogP contribution is 2.18. The Kier molecular flexibility index (Phi) is 7.30. The third-order valence-corrected chi connectivity index (χ3v) is 4.59. The highest BCUT2D eigenvalue weighted by molar-refractivity contribution is 5.80. The maximum atomic E-state index is 11.6. The Balaban J connectivity index is 1.61. The van der Waals surface area contributed by atoms with E-state index in [0.29, 0.717) is 12.5 Å². The molecular formula is C17H33N5O2. The lowest BCUT2D eigenvalue weighted by Gasteiger charge is -2.41. The number of amides is 1. The number of ether oxygens (including phenoxy) is 1. The van der Waals surface area contributed by atoms with Gasteiger partial charge in [-0.15, -0.1) is 0 Å². The molecule has 1 aliphatic carbocycles. The van der Waals surface area contributed by atoms with Gasteiger partial charge in [-0.25, -0.2) is 0 Å². The van der Waals surface area contributed by atoms with Crippen LogP contribution in [0.5, 0.6) is 0 Å². The highest BCUT2D eigenvalue weighted by atomic mass is 16.5. The van der Waals surface area contributed by atoms with E-state index < -0.39 is 0 Å². The molecule has 24 heavy (non-hydrogen) atoms. The van der Waals surface area contributed by atoms with Gasteiger partial charge < -0.3 is 20.7 Å². The first-order valence-electron chi connectivity index (χ1n) is 9.08. The number of carbonyl (C=O) groups is 1. The Labute approximate surface area is 145 Å². The maximum absolute atomic E-state index is 11.6. The zero-order valence-corrected chi connectivity index (χ0v) is 15.4. The van der Waals surface area contributed by atoms with E-state index in [-0.39, 0.29) is 11.4 Å². The molecule has 7 heteroatoms. The lowest BCUT2D eigenvalue weighted by atomic mass is 10.0. The van der Waals surface area contributed by atoms with Crippen molar-refractivity contribution < 1.29 is 9.53 Å². The topological polar surface area (TPSA) is 78.0 Å². The number of hydrogen-bond donors (Lipinski definition) is 3. The SMILES string of the molecule is CN=C(NCCCC(=O)NC1CC1)NCC(C)(C)N1CCOCC1. The molecular weight excluding hydrogens is 306 g/mol. The zero-order chi connectivity index (χ0) is 17.4. The summed E-state index contributed by atoms with van der Waals surface area (Å²) < 4.78 is 5.42. The van der Waals surface area contributed by atoms with Crippen LogP contribution in [-0.2, 0) is 9.53 Å². The quantitative estimate of drug-likeness (QED) is 0.337. The summed E-state index contributed by atoms with van der Waals surface area (Å²) in [5.74, 6) is 0.953. The molecule has 0 unspecified atom stereocenters. The number of nitrogens with one attached hydrogen (secondary N) is 3. The molecule has 1 heterocycles. The van der Waals surface area contributed by atoms with Gasteiger partial charge in [0.2, 0.25) is 5.91 Å². The largest absolute Gasteiger partial charge is 0.379 e. The van der Waals surface area contributed by atoms with Crippen molar-refractivity contribution in [3.8, 4) is 0 Å². The molecule has 2 fully saturated rings. The van der Waals surface area contributed by atoms with Crippen molar-refractivity contribution in [2.45, 2.75) is 51.1 Å². The maximum Gasteiger partial charge on any atom is 0.220 e. The number of nitrogens with zero attached hydrogens (tertiary/aromatic N) is 2. The molecule has 1 aliphatic heterocycles. The van der Waals surface area contributed by atoms with Crippen molar-refractivity contribution in [2.24, 2.45) is 4.99 Å². The number of carbonyl (C=O) groups excluding carboxylic acids is 1. The zero-order valence-electron chi connectivity index (χ0n) is 15.4. The van der Waals surface area contributed by atoms with Crippen LogP contribution in [0.3, 0.4) is 0 Å². The second-order valence-electron chi connectivity index (χ2n) is 7.21. The predicted octanol–water partition coefficient (Wildman–Crippen LogP) is 0.321. The Morgan fingerprint density at radius 3 is 2.58 bits per heavy atom. The Morgan fingerprint density at radius 2 is 1.96 bits per heavy atom. The molecule has 138 valence electrons. The van der Waals surface area contributed by atoms with Crippen molar-refractivity contribution in [3.63, 3.8) is 0 Å². The van der Waals surface area contributed by atoms with Gasteiger partial charge in [0.25, 0.3) is 0 Å². The van der Waals surface area contributed by atoms with Crippen molar-refractivity contribution in [3.05, 3.63) is 0 Å². The van der Waals surface area contributed by atoms with Crippen LogP contribution in [0.15, 0.2) is 4.99 Å². The molecule has 0 atom stereocenters. The molecule has 0 spiro atoms. The predicted molar refractivity (Wildman–Crippen MR) is 96.2 cm³/mol. The molecule has 1 saturated heterocycles. The van der Waals surface area contributed by atoms with Crippen LogP contribution in [0.25, 0.3) is 0 Å². The minimum atomic E-state index is 0.0472. The van der Waals surface area contributed by atoms with Gasteiger partial charge in [-0.1, -0.05) is 0 Å². The lowest BCUT2D eigenvalue weighted by molar-refractivity contribution is -0.121. The molecule has 0 aromatic rings. The van der Waals surface area contributed by atoms with E-state index in [4.69, 9.17) is 4.74 Å². The number of hydrogen-bond acceptors (Lipinski definition) is 4. The summed E-state index contributed by atoms with van der Waals surface area (Å²) >= 11 is 0. The Hall–Kier alpha value is -1.34. The fourth-order valence-electron chi connectivity index (χ4n) is 2.78. The van der Waals surface area contributed by atoms with Crippen molar-refractivity contribution in [1.29, 1.82) is 0 Å². The monoisotopic (exact) mass is 339 g/mol. The van der Waals surface area contributed by atoms with E-state index in [1.54, 1.807) is 7.05 Å². The molecule has 0 aromatic carbocycles. The first-order valence-corrected chi connectivity index (χ1v) is 9.08. The minimum absolute atomic E-state index is 0.0472. The second-order valence-corrected chi connectivity index (χ2v) is 7.21. The van der Waals surface area contributed by atoms with Crippen molar-refractivity contribution in [2.75, 3.05) is 46.4 Å². The molecule has 3 N–H and O–H groups in total. The summed E-state index contributed by atoms with van der Waals surface area (Å²) in [5, 5.41) is 9.69. The van der Waals surface area contributed by atoms with E-state index in [1.807, 2.05) is 0 Å². The van der Waals surface area contributed by atoms with Gasteiger partial charge in [0.05, 0.1) is 13.2 Å². The van der Waals surface area contributed by atoms with E-state index in [0.717, 1.165) is 64.6 Å². The van der Waals surface area contributed by atoms with Crippen LogP contribution in [0.4, 0.5) is 0 Å². The molecule has 1 amide bonds. The Morgan fingerprint density at radius 1 is 1.25 bits per heavy atom. The standard InChI is InChI=1S/C17H33N5O2/c1-17(2,22-9-11-24-12-10-22)13-20-16(18-3)19-8-4-5-15(23)21-14-6-7-14/h14H,4-13H2,1-3H3,(H,21,23)(H2,18,19,20). The van der Waals surface area contributed by atoms with E-state index >= 15 is 0 Å². The molecule has 7 nitrogen and oxygen atoms in total. The number of morpholine rings is 1. The van der Waals surface area contributed by atoms with Gasteiger partial charge in [0.1, 0.15) is 0 Å². The molecule has 0 radical (unpaired) electrons. The third-order valence-electron chi connectivity index (χ3n) is 4.59. The van der Waals surface area contributed by atoms with Crippen molar-refractivity contribution >= 4 is 11.9 Å². The lowest BCUT2D eigenvalue weighted by Crippen LogP contribution is -2.56. The molecule has 2 rings (SSSR count).